The van der Waals surface area contributed by atoms with Crippen LogP contribution in [0.15, 0.2) is 35.7 Å². The number of hydrogen-bond donors (Lipinski definition) is 3. The molecule has 1 aromatic heterocycles. The molecule has 0 aliphatic carbocycles. The molecule has 116 valence electrons. The molecule has 1 aromatic carbocycles. The summed E-state index contributed by atoms with van der Waals surface area (Å²) in [5, 5.41) is 16.2. The minimum Gasteiger partial charge on any atom is -0.396 e. The molecule has 0 bridgehead atoms. The lowest BCUT2D eigenvalue weighted by Crippen LogP contribution is -2.26. The fourth-order valence-corrected chi connectivity index (χ4v) is 2.44. The van der Waals surface area contributed by atoms with E-state index in [0.29, 0.717) is 29.4 Å². The Bertz CT molecular complexity index is 628. The van der Waals surface area contributed by atoms with Crippen LogP contribution in [0, 0.1) is 0 Å². The number of nitrogens with one attached hydrogen (secondary N) is 2. The second-order valence-electron chi connectivity index (χ2n) is 4.57. The van der Waals surface area contributed by atoms with E-state index >= 15 is 0 Å². The molecule has 2 rings (SSSR count). The molecule has 2 aromatic rings. The number of rotatable bonds is 7. The molecule has 3 N–H and O–H groups in total. The van der Waals surface area contributed by atoms with Crippen molar-refractivity contribution in [2.24, 2.45) is 0 Å². The average Bonchev–Trinajstić information content (AvgIpc) is 2.95. The van der Waals surface area contributed by atoms with E-state index in [0.717, 1.165) is 0 Å². The summed E-state index contributed by atoms with van der Waals surface area (Å²) in [5.74, 6) is -0.381. The van der Waals surface area contributed by atoms with Crippen LogP contribution in [0.4, 0.5) is 5.13 Å². The number of hydrogen-bond acceptors (Lipinski definition) is 5. The Morgan fingerprint density at radius 2 is 2.00 bits per heavy atom. The lowest BCUT2D eigenvalue weighted by atomic mass is 10.2. The minimum atomic E-state index is -0.228. The van der Waals surface area contributed by atoms with Crippen molar-refractivity contribution in [3.63, 3.8) is 0 Å². The van der Waals surface area contributed by atoms with Gasteiger partial charge in [0, 0.05) is 24.1 Å². The van der Waals surface area contributed by atoms with Gasteiger partial charge in [-0.3, -0.25) is 14.9 Å². The van der Waals surface area contributed by atoms with Gasteiger partial charge in [-0.05, 0) is 18.6 Å². The topological polar surface area (TPSA) is 91.3 Å². The lowest BCUT2D eigenvalue weighted by Gasteiger charge is -2.02. The maximum atomic E-state index is 12.0. The van der Waals surface area contributed by atoms with Gasteiger partial charge < -0.3 is 10.4 Å². The van der Waals surface area contributed by atoms with Gasteiger partial charge in [-0.1, -0.05) is 18.2 Å². The van der Waals surface area contributed by atoms with Crippen molar-refractivity contribution in [3.8, 4) is 0 Å². The summed E-state index contributed by atoms with van der Waals surface area (Å²) in [7, 11) is 0. The molecule has 1 heterocycles. The molecule has 7 heteroatoms. The van der Waals surface area contributed by atoms with E-state index in [2.05, 4.69) is 15.6 Å². The first-order valence-corrected chi connectivity index (χ1v) is 7.75. The predicted octanol–water partition coefficient (Wildman–Crippen LogP) is 1.44. The van der Waals surface area contributed by atoms with Crippen LogP contribution < -0.4 is 10.6 Å². The van der Waals surface area contributed by atoms with Crippen molar-refractivity contribution in [1.29, 1.82) is 0 Å². The number of benzene rings is 1. The Hall–Kier alpha value is -2.25. The van der Waals surface area contributed by atoms with Crippen molar-refractivity contribution in [2.75, 3.05) is 18.5 Å². The molecular weight excluding hydrogens is 302 g/mol. The Labute approximate surface area is 132 Å². The van der Waals surface area contributed by atoms with Crippen LogP contribution in [0.1, 0.15) is 22.5 Å². The van der Waals surface area contributed by atoms with Gasteiger partial charge in [0.15, 0.2) is 5.13 Å². The number of thiazole rings is 1. The van der Waals surface area contributed by atoms with E-state index in [9.17, 15) is 9.59 Å². The molecule has 0 aliphatic rings. The summed E-state index contributed by atoms with van der Waals surface area (Å²) in [6, 6.07) is 8.86. The molecule has 22 heavy (non-hydrogen) atoms. The van der Waals surface area contributed by atoms with Crippen LogP contribution in [0.5, 0.6) is 0 Å². The lowest BCUT2D eigenvalue weighted by molar-refractivity contribution is -0.120. The van der Waals surface area contributed by atoms with Gasteiger partial charge in [-0.25, -0.2) is 4.98 Å². The van der Waals surface area contributed by atoms with Crippen molar-refractivity contribution in [2.45, 2.75) is 12.8 Å². The maximum absolute atomic E-state index is 12.0. The zero-order valence-corrected chi connectivity index (χ0v) is 12.7. The van der Waals surface area contributed by atoms with Gasteiger partial charge in [0.25, 0.3) is 5.91 Å². The van der Waals surface area contributed by atoms with E-state index < -0.39 is 0 Å². The summed E-state index contributed by atoms with van der Waals surface area (Å²) >= 11 is 1.28. The third-order valence-corrected chi connectivity index (χ3v) is 3.61. The number of amides is 2. The number of aliphatic hydroxyl groups excluding tert-OH is 1. The molecule has 0 radical (unpaired) electrons. The number of carbonyl (C=O) groups is 2. The van der Waals surface area contributed by atoms with E-state index in [1.54, 1.807) is 29.6 Å². The zero-order valence-electron chi connectivity index (χ0n) is 11.9. The second kappa shape index (κ2) is 8.26. The smallest absolute Gasteiger partial charge is 0.257 e. The summed E-state index contributed by atoms with van der Waals surface area (Å²) in [5.41, 5.74) is 1.16. The van der Waals surface area contributed by atoms with Crippen molar-refractivity contribution in [1.82, 2.24) is 10.3 Å². The second-order valence-corrected chi connectivity index (χ2v) is 5.43. The van der Waals surface area contributed by atoms with Crippen LogP contribution >= 0.6 is 11.3 Å². The van der Waals surface area contributed by atoms with Crippen molar-refractivity contribution in [3.05, 3.63) is 47.0 Å². The molecule has 0 atom stereocenters. The zero-order chi connectivity index (χ0) is 15.8. The summed E-state index contributed by atoms with van der Waals surface area (Å²) in [6.07, 6.45) is 0.685. The van der Waals surface area contributed by atoms with Crippen molar-refractivity contribution >= 4 is 28.3 Å². The van der Waals surface area contributed by atoms with Crippen LogP contribution in [-0.2, 0) is 11.2 Å². The number of anilines is 1. The van der Waals surface area contributed by atoms with E-state index in [4.69, 9.17) is 5.11 Å². The molecule has 0 spiro atoms. The number of nitrogens with zero attached hydrogens (tertiary/aromatic N) is 1. The summed E-state index contributed by atoms with van der Waals surface area (Å²) < 4.78 is 0. The van der Waals surface area contributed by atoms with Gasteiger partial charge in [0.1, 0.15) is 0 Å². The van der Waals surface area contributed by atoms with Crippen molar-refractivity contribution < 1.29 is 14.7 Å². The van der Waals surface area contributed by atoms with E-state index in [-0.39, 0.29) is 24.8 Å². The number of carbonyl (C=O) groups excluding carboxylic acids is 2. The third kappa shape index (κ3) is 4.94. The van der Waals surface area contributed by atoms with Gasteiger partial charge in [0.05, 0.1) is 12.1 Å². The highest BCUT2D eigenvalue weighted by Gasteiger charge is 2.10. The van der Waals surface area contributed by atoms with Crippen LogP contribution in [0.25, 0.3) is 0 Å². The molecule has 0 aliphatic heterocycles. The Morgan fingerprint density at radius 3 is 2.73 bits per heavy atom. The van der Waals surface area contributed by atoms with Crippen LogP contribution in [-0.4, -0.2) is 35.1 Å². The first-order chi connectivity index (χ1) is 10.7. The summed E-state index contributed by atoms with van der Waals surface area (Å²) in [6.45, 7) is 0.490. The fourth-order valence-electron chi connectivity index (χ4n) is 1.74. The van der Waals surface area contributed by atoms with Gasteiger partial charge in [-0.2, -0.15) is 0 Å². The highest BCUT2D eigenvalue weighted by molar-refractivity contribution is 7.14. The standard InChI is InChI=1S/C15H17N3O3S/c19-8-4-7-16-13(20)9-12-10-22-15(17-12)18-14(21)11-5-2-1-3-6-11/h1-3,5-6,10,19H,4,7-9H2,(H,16,20)(H,17,18,21). The fraction of sp³-hybridized carbons (Fsp3) is 0.267. The van der Waals surface area contributed by atoms with Gasteiger partial charge in [-0.15, -0.1) is 11.3 Å². The summed E-state index contributed by atoms with van der Waals surface area (Å²) in [4.78, 5) is 27.8. The minimum absolute atomic E-state index is 0.0483. The van der Waals surface area contributed by atoms with Crippen LogP contribution in [0.2, 0.25) is 0 Å². The molecule has 6 nitrogen and oxygen atoms in total. The normalized spacial score (nSPS) is 10.2. The largest absolute Gasteiger partial charge is 0.396 e. The molecule has 0 saturated heterocycles. The highest BCUT2D eigenvalue weighted by Crippen LogP contribution is 2.16. The molecule has 2 amide bonds. The molecule has 0 unspecified atom stereocenters. The molecular formula is C15H17N3O3S. The first-order valence-electron chi connectivity index (χ1n) is 6.87. The third-order valence-electron chi connectivity index (χ3n) is 2.81. The quantitative estimate of drug-likeness (QED) is 0.673. The average molecular weight is 319 g/mol. The van der Waals surface area contributed by atoms with E-state index in [1.165, 1.54) is 11.3 Å². The Kier molecular flexibility index (Phi) is 6.05. The molecule has 0 fully saturated rings. The Morgan fingerprint density at radius 1 is 1.23 bits per heavy atom. The predicted molar refractivity (Wildman–Crippen MR) is 84.9 cm³/mol. The number of aliphatic hydroxyl groups is 1. The maximum Gasteiger partial charge on any atom is 0.257 e. The molecule has 0 saturated carbocycles. The van der Waals surface area contributed by atoms with Gasteiger partial charge >= 0.3 is 0 Å². The number of aromatic nitrogens is 1. The highest BCUT2D eigenvalue weighted by atomic mass is 32.1. The monoisotopic (exact) mass is 319 g/mol. The SMILES string of the molecule is O=C(Cc1csc(NC(=O)c2ccccc2)n1)NCCCO. The first kappa shape index (κ1) is 16.1. The van der Waals surface area contributed by atoms with Gasteiger partial charge in [0.2, 0.25) is 5.91 Å². The van der Waals surface area contributed by atoms with E-state index in [1.807, 2.05) is 6.07 Å². The Balaban J connectivity index is 1.86. The van der Waals surface area contributed by atoms with Crippen LogP contribution in [0.3, 0.4) is 0 Å².